The summed E-state index contributed by atoms with van der Waals surface area (Å²) >= 11 is 0. The highest BCUT2D eigenvalue weighted by Gasteiger charge is 2.34. The Bertz CT molecular complexity index is 533. The van der Waals surface area contributed by atoms with Gasteiger partial charge >= 0.3 is 5.97 Å². The summed E-state index contributed by atoms with van der Waals surface area (Å²) in [7, 11) is 0. The summed E-state index contributed by atoms with van der Waals surface area (Å²) in [6, 6.07) is 1.35. The van der Waals surface area contributed by atoms with Gasteiger partial charge in [0.05, 0.1) is 5.56 Å². The van der Waals surface area contributed by atoms with Gasteiger partial charge in [-0.25, -0.2) is 18.0 Å². The minimum Gasteiger partial charge on any atom is -0.480 e. The standard InChI is InChI=1S/C12H12F3NO3/c1-3-12(2,11(18)19)16-10(17)6-4-5-7(13)9(15)8(6)14/h4-5H,3H2,1-2H3,(H,16,17)(H,18,19). The zero-order valence-corrected chi connectivity index (χ0v) is 10.3. The van der Waals surface area contributed by atoms with E-state index >= 15 is 0 Å². The molecule has 1 rings (SSSR count). The van der Waals surface area contributed by atoms with Gasteiger partial charge in [0.25, 0.3) is 5.91 Å². The monoisotopic (exact) mass is 275 g/mol. The zero-order valence-electron chi connectivity index (χ0n) is 10.3. The van der Waals surface area contributed by atoms with Gasteiger partial charge < -0.3 is 10.4 Å². The minimum absolute atomic E-state index is 0.0410. The maximum Gasteiger partial charge on any atom is 0.329 e. The molecule has 1 unspecified atom stereocenters. The van der Waals surface area contributed by atoms with Crippen LogP contribution in [-0.2, 0) is 4.79 Å². The number of carboxylic acids is 1. The molecule has 104 valence electrons. The normalized spacial score (nSPS) is 13.7. The number of halogens is 3. The lowest BCUT2D eigenvalue weighted by atomic mass is 9.98. The molecule has 0 bridgehead atoms. The first-order chi connectivity index (χ1) is 8.73. The molecule has 0 aromatic heterocycles. The summed E-state index contributed by atoms with van der Waals surface area (Å²) in [5.74, 6) is -7.29. The van der Waals surface area contributed by atoms with Crippen molar-refractivity contribution in [1.82, 2.24) is 5.32 Å². The van der Waals surface area contributed by atoms with E-state index in [1.807, 2.05) is 0 Å². The topological polar surface area (TPSA) is 66.4 Å². The zero-order chi connectivity index (χ0) is 14.8. The molecule has 0 aliphatic rings. The Kier molecular flexibility index (Phi) is 4.18. The largest absolute Gasteiger partial charge is 0.480 e. The van der Waals surface area contributed by atoms with Crippen LogP contribution >= 0.6 is 0 Å². The number of amides is 1. The van der Waals surface area contributed by atoms with Gasteiger partial charge in [-0.3, -0.25) is 4.79 Å². The number of carbonyl (C=O) groups excluding carboxylic acids is 1. The summed E-state index contributed by atoms with van der Waals surface area (Å²) in [4.78, 5) is 22.7. The third kappa shape index (κ3) is 2.86. The first kappa shape index (κ1) is 15.0. The van der Waals surface area contributed by atoms with Crippen molar-refractivity contribution in [3.05, 3.63) is 35.1 Å². The highest BCUT2D eigenvalue weighted by molar-refractivity contribution is 5.97. The van der Waals surface area contributed by atoms with Crippen LogP contribution in [0.1, 0.15) is 30.6 Å². The van der Waals surface area contributed by atoms with Gasteiger partial charge in [0.15, 0.2) is 17.5 Å². The molecule has 0 fully saturated rings. The van der Waals surface area contributed by atoms with Crippen LogP contribution in [0.2, 0.25) is 0 Å². The van der Waals surface area contributed by atoms with Gasteiger partial charge in [-0.05, 0) is 25.5 Å². The fourth-order valence-electron chi connectivity index (χ4n) is 1.31. The molecule has 0 radical (unpaired) electrons. The summed E-state index contributed by atoms with van der Waals surface area (Å²) in [6.07, 6.45) is 0.0410. The second-order valence-corrected chi connectivity index (χ2v) is 4.17. The average molecular weight is 275 g/mol. The van der Waals surface area contributed by atoms with Gasteiger partial charge in [-0.1, -0.05) is 6.92 Å². The van der Waals surface area contributed by atoms with Crippen molar-refractivity contribution in [1.29, 1.82) is 0 Å². The molecule has 0 saturated heterocycles. The van der Waals surface area contributed by atoms with Crippen molar-refractivity contribution in [2.45, 2.75) is 25.8 Å². The summed E-state index contributed by atoms with van der Waals surface area (Å²) < 4.78 is 39.1. The Hall–Kier alpha value is -2.05. The number of benzene rings is 1. The molecule has 0 heterocycles. The van der Waals surface area contributed by atoms with E-state index in [1.165, 1.54) is 13.8 Å². The third-order valence-corrected chi connectivity index (χ3v) is 2.85. The third-order valence-electron chi connectivity index (χ3n) is 2.85. The maximum atomic E-state index is 13.4. The lowest BCUT2D eigenvalue weighted by Crippen LogP contribution is -2.51. The van der Waals surface area contributed by atoms with Crippen LogP contribution in [0.5, 0.6) is 0 Å². The Morgan fingerprint density at radius 1 is 1.26 bits per heavy atom. The molecular weight excluding hydrogens is 263 g/mol. The number of carboxylic acid groups (broad SMARTS) is 1. The molecule has 1 amide bonds. The molecule has 0 saturated carbocycles. The predicted octanol–water partition coefficient (Wildman–Crippen LogP) is 2.09. The van der Waals surface area contributed by atoms with Crippen LogP contribution < -0.4 is 5.32 Å². The molecule has 7 heteroatoms. The van der Waals surface area contributed by atoms with Crippen LogP contribution in [0, 0.1) is 17.5 Å². The van der Waals surface area contributed by atoms with E-state index < -0.39 is 40.4 Å². The highest BCUT2D eigenvalue weighted by Crippen LogP contribution is 2.17. The molecule has 1 aromatic rings. The van der Waals surface area contributed by atoms with Gasteiger partial charge in [-0.2, -0.15) is 0 Å². The second kappa shape index (κ2) is 5.29. The van der Waals surface area contributed by atoms with Crippen molar-refractivity contribution in [3.63, 3.8) is 0 Å². The molecule has 1 atom stereocenters. The Morgan fingerprint density at radius 3 is 2.32 bits per heavy atom. The first-order valence-electron chi connectivity index (χ1n) is 5.42. The van der Waals surface area contributed by atoms with Crippen molar-refractivity contribution in [3.8, 4) is 0 Å². The molecule has 0 aliphatic carbocycles. The van der Waals surface area contributed by atoms with E-state index in [0.29, 0.717) is 6.07 Å². The van der Waals surface area contributed by atoms with Gasteiger partial charge in [0, 0.05) is 0 Å². The predicted molar refractivity (Wildman–Crippen MR) is 60.1 cm³/mol. The summed E-state index contributed by atoms with van der Waals surface area (Å²) in [6.45, 7) is 2.74. The molecular formula is C12H12F3NO3. The molecule has 2 N–H and O–H groups in total. The molecule has 0 aliphatic heterocycles. The minimum atomic E-state index is -1.78. The smallest absolute Gasteiger partial charge is 0.329 e. The SMILES string of the molecule is CCC(C)(NC(=O)c1ccc(F)c(F)c1F)C(=O)O. The highest BCUT2D eigenvalue weighted by atomic mass is 19.2. The van der Waals surface area contributed by atoms with Crippen molar-refractivity contribution in [2.75, 3.05) is 0 Å². The molecule has 1 aromatic carbocycles. The number of hydrogen-bond acceptors (Lipinski definition) is 2. The Labute approximate surface area is 107 Å². The van der Waals surface area contributed by atoms with E-state index in [1.54, 1.807) is 0 Å². The van der Waals surface area contributed by atoms with Gasteiger partial charge in [0.2, 0.25) is 0 Å². The van der Waals surface area contributed by atoms with E-state index in [9.17, 15) is 22.8 Å². The Morgan fingerprint density at radius 2 is 1.84 bits per heavy atom. The quantitative estimate of drug-likeness (QED) is 0.827. The first-order valence-corrected chi connectivity index (χ1v) is 5.42. The fourth-order valence-corrected chi connectivity index (χ4v) is 1.31. The lowest BCUT2D eigenvalue weighted by molar-refractivity contribution is -0.143. The fraction of sp³-hybridized carbons (Fsp3) is 0.333. The maximum absolute atomic E-state index is 13.4. The average Bonchev–Trinajstić information content (AvgIpc) is 2.35. The van der Waals surface area contributed by atoms with E-state index in [-0.39, 0.29) is 6.42 Å². The van der Waals surface area contributed by atoms with Crippen LogP contribution in [0.25, 0.3) is 0 Å². The van der Waals surface area contributed by atoms with Gasteiger partial charge in [0.1, 0.15) is 5.54 Å². The van der Waals surface area contributed by atoms with Crippen LogP contribution in [0.15, 0.2) is 12.1 Å². The molecule has 4 nitrogen and oxygen atoms in total. The summed E-state index contributed by atoms with van der Waals surface area (Å²) in [5, 5.41) is 11.0. The number of hydrogen-bond donors (Lipinski definition) is 2. The summed E-state index contributed by atoms with van der Waals surface area (Å²) in [5.41, 5.74) is -2.37. The lowest BCUT2D eigenvalue weighted by Gasteiger charge is -2.24. The second-order valence-electron chi connectivity index (χ2n) is 4.17. The van der Waals surface area contributed by atoms with E-state index in [2.05, 4.69) is 5.32 Å². The number of aliphatic carboxylic acids is 1. The van der Waals surface area contributed by atoms with Crippen molar-refractivity contribution >= 4 is 11.9 Å². The molecule has 0 spiro atoms. The number of nitrogens with one attached hydrogen (secondary N) is 1. The number of rotatable bonds is 4. The van der Waals surface area contributed by atoms with Gasteiger partial charge in [-0.15, -0.1) is 0 Å². The Balaban J connectivity index is 3.09. The van der Waals surface area contributed by atoms with Crippen LogP contribution in [0.4, 0.5) is 13.2 Å². The van der Waals surface area contributed by atoms with Crippen molar-refractivity contribution < 1.29 is 27.9 Å². The van der Waals surface area contributed by atoms with E-state index in [4.69, 9.17) is 5.11 Å². The van der Waals surface area contributed by atoms with Crippen LogP contribution in [0.3, 0.4) is 0 Å². The van der Waals surface area contributed by atoms with Crippen molar-refractivity contribution in [2.24, 2.45) is 0 Å². The molecule has 19 heavy (non-hydrogen) atoms. The van der Waals surface area contributed by atoms with E-state index in [0.717, 1.165) is 6.07 Å². The van der Waals surface area contributed by atoms with Crippen LogP contribution in [-0.4, -0.2) is 22.5 Å². The number of carbonyl (C=O) groups is 2.